The van der Waals surface area contributed by atoms with Gasteiger partial charge >= 0.3 is 0 Å². The molecule has 0 spiro atoms. The molecule has 8 heteroatoms. The van der Waals surface area contributed by atoms with Crippen molar-refractivity contribution in [2.75, 3.05) is 13.7 Å². The van der Waals surface area contributed by atoms with E-state index in [-0.39, 0.29) is 23.7 Å². The molecule has 1 aliphatic rings. The Labute approximate surface area is 192 Å². The minimum Gasteiger partial charge on any atom is -0.495 e. The van der Waals surface area contributed by atoms with Gasteiger partial charge in [-0.25, -0.2) is 9.37 Å². The molecule has 1 N–H and O–H groups in total. The Morgan fingerprint density at radius 2 is 1.97 bits per heavy atom. The van der Waals surface area contributed by atoms with Gasteiger partial charge in [0.1, 0.15) is 17.6 Å². The normalized spacial score (nSPS) is 16.5. The van der Waals surface area contributed by atoms with Gasteiger partial charge < -0.3 is 19.5 Å². The Bertz CT molecular complexity index is 1160. The summed E-state index contributed by atoms with van der Waals surface area (Å²) in [6.07, 6.45) is 4.91. The van der Waals surface area contributed by atoms with E-state index >= 15 is 0 Å². The van der Waals surface area contributed by atoms with Crippen LogP contribution in [0.5, 0.6) is 5.75 Å². The maximum Gasteiger partial charge on any atom is 0.254 e. The zero-order chi connectivity index (χ0) is 23.5. The van der Waals surface area contributed by atoms with Crippen molar-refractivity contribution in [1.29, 1.82) is 0 Å². The highest BCUT2D eigenvalue weighted by Crippen LogP contribution is 2.27. The molecule has 2 aromatic carbocycles. The van der Waals surface area contributed by atoms with Gasteiger partial charge in [0.15, 0.2) is 0 Å². The maximum absolute atomic E-state index is 13.3. The van der Waals surface area contributed by atoms with Crippen LogP contribution in [0.2, 0.25) is 0 Å². The molecule has 0 radical (unpaired) electrons. The van der Waals surface area contributed by atoms with E-state index in [4.69, 9.17) is 4.74 Å². The fraction of sp³-hybridized carbons (Fsp3) is 0.320. The number of hydrogen-bond acceptors (Lipinski definition) is 4. The number of ether oxygens (including phenoxy) is 1. The van der Waals surface area contributed by atoms with Crippen molar-refractivity contribution in [2.24, 2.45) is 0 Å². The van der Waals surface area contributed by atoms with E-state index < -0.39 is 6.04 Å². The number of hydrogen-bond donors (Lipinski definition) is 1. The van der Waals surface area contributed by atoms with Crippen LogP contribution < -0.4 is 10.1 Å². The lowest BCUT2D eigenvalue weighted by Gasteiger charge is -2.26. The molecule has 2 amide bonds. The number of imidazole rings is 1. The largest absolute Gasteiger partial charge is 0.495 e. The lowest BCUT2D eigenvalue weighted by atomic mass is 10.1. The van der Waals surface area contributed by atoms with E-state index in [2.05, 4.69) is 10.3 Å². The van der Waals surface area contributed by atoms with Gasteiger partial charge in [0, 0.05) is 18.3 Å². The molecule has 1 aliphatic heterocycles. The van der Waals surface area contributed by atoms with Crippen LogP contribution in [-0.2, 0) is 4.79 Å². The summed E-state index contributed by atoms with van der Waals surface area (Å²) < 4.78 is 20.6. The first kappa shape index (κ1) is 22.5. The second-order valence-electron chi connectivity index (χ2n) is 8.25. The molecule has 1 aromatic heterocycles. The third-order valence-corrected chi connectivity index (χ3v) is 5.96. The van der Waals surface area contributed by atoms with E-state index in [1.54, 1.807) is 42.6 Å². The number of likely N-dealkylation sites (tertiary alicyclic amines) is 1. The molecule has 4 rings (SSSR count). The highest BCUT2D eigenvalue weighted by atomic mass is 19.1. The first-order chi connectivity index (χ1) is 15.9. The standard InChI is InChI=1S/C25H27FN4O3/c1-16-14-29(15-27-16)21-11-8-19(13-23(21)33-3)25(32)30-12-4-5-22(30)24(31)28-17(2)18-6-9-20(26)10-7-18/h6-11,13-15,17,22H,4-5,12H2,1-3H3,(H,28,31)/t17-,22-/m0/s1. The van der Waals surface area contributed by atoms with Crippen molar-refractivity contribution < 1.29 is 18.7 Å². The second kappa shape index (κ2) is 9.44. The molecule has 1 saturated heterocycles. The molecule has 33 heavy (non-hydrogen) atoms. The topological polar surface area (TPSA) is 76.5 Å². The van der Waals surface area contributed by atoms with Gasteiger partial charge in [-0.15, -0.1) is 0 Å². The van der Waals surface area contributed by atoms with E-state index in [1.807, 2.05) is 30.7 Å². The van der Waals surface area contributed by atoms with E-state index in [0.29, 0.717) is 24.3 Å². The Hall–Kier alpha value is -3.68. The predicted octanol–water partition coefficient (Wildman–Crippen LogP) is 3.81. The van der Waals surface area contributed by atoms with Crippen LogP contribution in [0.25, 0.3) is 5.69 Å². The fourth-order valence-electron chi connectivity index (χ4n) is 4.17. The van der Waals surface area contributed by atoms with Gasteiger partial charge in [-0.2, -0.15) is 0 Å². The summed E-state index contributed by atoms with van der Waals surface area (Å²) in [5.41, 5.74) is 2.91. The van der Waals surface area contributed by atoms with Crippen LogP contribution in [0.4, 0.5) is 4.39 Å². The molecule has 3 aromatic rings. The van der Waals surface area contributed by atoms with Gasteiger partial charge in [0.05, 0.1) is 30.9 Å². The third kappa shape index (κ3) is 4.74. The monoisotopic (exact) mass is 450 g/mol. The lowest BCUT2D eigenvalue weighted by molar-refractivity contribution is -0.125. The Morgan fingerprint density at radius 1 is 1.21 bits per heavy atom. The summed E-state index contributed by atoms with van der Waals surface area (Å²) in [4.78, 5) is 32.1. The van der Waals surface area contributed by atoms with Crippen LogP contribution in [0.3, 0.4) is 0 Å². The van der Waals surface area contributed by atoms with Gasteiger partial charge in [0.25, 0.3) is 5.91 Å². The number of aryl methyl sites for hydroxylation is 1. The highest BCUT2D eigenvalue weighted by molar-refractivity contribution is 5.98. The molecular formula is C25H27FN4O3. The molecule has 0 unspecified atom stereocenters. The van der Waals surface area contributed by atoms with Gasteiger partial charge in [-0.1, -0.05) is 12.1 Å². The summed E-state index contributed by atoms with van der Waals surface area (Å²) in [7, 11) is 1.56. The Morgan fingerprint density at radius 3 is 2.64 bits per heavy atom. The highest BCUT2D eigenvalue weighted by Gasteiger charge is 2.35. The number of rotatable bonds is 6. The number of methoxy groups -OCH3 is 1. The van der Waals surface area contributed by atoms with Crippen molar-refractivity contribution >= 4 is 11.8 Å². The molecule has 1 fully saturated rings. The summed E-state index contributed by atoms with van der Waals surface area (Å²) in [6, 6.07) is 10.4. The molecular weight excluding hydrogens is 423 g/mol. The number of carbonyl (C=O) groups is 2. The van der Waals surface area contributed by atoms with Crippen LogP contribution >= 0.6 is 0 Å². The summed E-state index contributed by atoms with van der Waals surface area (Å²) in [5.74, 6) is -0.207. The van der Waals surface area contributed by atoms with E-state index in [1.165, 1.54) is 12.1 Å². The number of aromatic nitrogens is 2. The van der Waals surface area contributed by atoms with E-state index in [0.717, 1.165) is 23.4 Å². The summed E-state index contributed by atoms with van der Waals surface area (Å²) >= 11 is 0. The first-order valence-corrected chi connectivity index (χ1v) is 10.9. The average molecular weight is 451 g/mol. The summed E-state index contributed by atoms with van der Waals surface area (Å²) in [5, 5.41) is 2.96. The first-order valence-electron chi connectivity index (χ1n) is 10.9. The molecule has 2 heterocycles. The maximum atomic E-state index is 13.3. The van der Waals surface area contributed by atoms with Gasteiger partial charge in [0.2, 0.25) is 5.91 Å². The van der Waals surface area contributed by atoms with Crippen molar-refractivity contribution in [1.82, 2.24) is 19.8 Å². The number of halogens is 1. The minimum absolute atomic E-state index is 0.213. The SMILES string of the molecule is COc1cc(C(=O)N2CCC[C@H]2C(=O)N[C@@H](C)c2ccc(F)cc2)ccc1-n1cnc(C)c1. The molecule has 2 atom stereocenters. The number of nitrogens with zero attached hydrogens (tertiary/aromatic N) is 3. The van der Waals surface area contributed by atoms with Crippen LogP contribution in [-0.4, -0.2) is 46.0 Å². The van der Waals surface area contributed by atoms with Crippen LogP contribution in [0.1, 0.15) is 47.4 Å². The number of carbonyl (C=O) groups excluding carboxylic acids is 2. The smallest absolute Gasteiger partial charge is 0.254 e. The Kier molecular flexibility index (Phi) is 6.44. The van der Waals surface area contributed by atoms with Crippen LogP contribution in [0, 0.1) is 12.7 Å². The van der Waals surface area contributed by atoms with Crippen molar-refractivity contribution in [3.63, 3.8) is 0 Å². The van der Waals surface area contributed by atoms with Crippen molar-refractivity contribution in [2.45, 2.75) is 38.8 Å². The number of nitrogens with one attached hydrogen (secondary N) is 1. The summed E-state index contributed by atoms with van der Waals surface area (Å²) in [6.45, 7) is 4.25. The van der Waals surface area contributed by atoms with E-state index in [9.17, 15) is 14.0 Å². The molecule has 172 valence electrons. The third-order valence-electron chi connectivity index (χ3n) is 5.96. The number of amides is 2. The number of benzene rings is 2. The van der Waals surface area contributed by atoms with Crippen LogP contribution in [0.15, 0.2) is 55.0 Å². The zero-order valence-corrected chi connectivity index (χ0v) is 18.9. The van der Waals surface area contributed by atoms with Gasteiger partial charge in [-0.3, -0.25) is 9.59 Å². The van der Waals surface area contributed by atoms with Crippen molar-refractivity contribution in [3.05, 3.63) is 77.6 Å². The lowest BCUT2D eigenvalue weighted by Crippen LogP contribution is -2.46. The molecule has 0 saturated carbocycles. The second-order valence-corrected chi connectivity index (χ2v) is 8.25. The molecule has 0 bridgehead atoms. The Balaban J connectivity index is 1.50. The fourth-order valence-corrected chi connectivity index (χ4v) is 4.17. The minimum atomic E-state index is -0.553. The molecule has 0 aliphatic carbocycles. The average Bonchev–Trinajstić information content (AvgIpc) is 3.48. The molecule has 7 nitrogen and oxygen atoms in total. The zero-order valence-electron chi connectivity index (χ0n) is 18.9. The quantitative estimate of drug-likeness (QED) is 0.620. The van der Waals surface area contributed by atoms with Crippen molar-refractivity contribution in [3.8, 4) is 11.4 Å². The van der Waals surface area contributed by atoms with Gasteiger partial charge in [-0.05, 0) is 62.6 Å². The predicted molar refractivity (Wildman–Crippen MR) is 122 cm³/mol.